The average molecular weight is 234 g/mol. The van der Waals surface area contributed by atoms with Gasteiger partial charge < -0.3 is 9.64 Å². The number of ether oxygens (including phenoxy) is 1. The molecule has 0 aromatic heterocycles. The number of hydrogen-bond acceptors (Lipinski definition) is 4. The third-order valence-corrected chi connectivity index (χ3v) is 3.20. The maximum absolute atomic E-state index is 11.3. The summed E-state index contributed by atoms with van der Waals surface area (Å²) in [6.07, 6.45) is 2.78. The lowest BCUT2D eigenvalue weighted by Crippen LogP contribution is -2.39. The maximum Gasteiger partial charge on any atom is 0.337 e. The molecule has 1 aliphatic heterocycles. The molecule has 2 rings (SSSR count). The fraction of sp³-hybridized carbons (Fsp3) is 0.462. The fourth-order valence-electron chi connectivity index (χ4n) is 2.13. The van der Waals surface area contributed by atoms with Crippen LogP contribution in [0.25, 0.3) is 0 Å². The van der Waals surface area contributed by atoms with E-state index in [2.05, 4.69) is 22.0 Å². The van der Waals surface area contributed by atoms with Gasteiger partial charge in [-0.25, -0.2) is 4.79 Å². The normalized spacial score (nSPS) is 19.1. The van der Waals surface area contributed by atoms with Gasteiger partial charge in [-0.2, -0.15) is 0 Å². The van der Waals surface area contributed by atoms with Crippen molar-refractivity contribution in [1.29, 1.82) is 0 Å². The van der Waals surface area contributed by atoms with Gasteiger partial charge in [-0.05, 0) is 43.7 Å². The number of benzene rings is 1. The van der Waals surface area contributed by atoms with Crippen LogP contribution in [-0.4, -0.2) is 32.8 Å². The lowest BCUT2D eigenvalue weighted by atomic mass is 10.2. The van der Waals surface area contributed by atoms with Crippen LogP contribution in [0.2, 0.25) is 0 Å². The number of carbonyl (C=O) groups excluding carboxylic acids is 1. The molecule has 0 radical (unpaired) electrons. The van der Waals surface area contributed by atoms with Crippen molar-refractivity contribution in [3.63, 3.8) is 0 Å². The zero-order valence-corrected chi connectivity index (χ0v) is 10.3. The summed E-state index contributed by atoms with van der Waals surface area (Å²) in [5, 5.41) is 3.44. The second kappa shape index (κ2) is 5.19. The van der Waals surface area contributed by atoms with Gasteiger partial charge in [0.05, 0.1) is 18.8 Å². The number of hydrogen-bond donors (Lipinski definition) is 1. The third kappa shape index (κ3) is 2.58. The smallest absolute Gasteiger partial charge is 0.337 e. The number of esters is 1. The lowest BCUT2D eigenvalue weighted by molar-refractivity contribution is 0.0601. The molecule has 0 saturated carbocycles. The van der Waals surface area contributed by atoms with E-state index < -0.39 is 0 Å². The summed E-state index contributed by atoms with van der Waals surface area (Å²) in [5.41, 5.74) is 1.70. The Hall–Kier alpha value is -1.55. The Morgan fingerprint density at radius 1 is 1.41 bits per heavy atom. The zero-order chi connectivity index (χ0) is 12.3. The minimum Gasteiger partial charge on any atom is -0.465 e. The topological polar surface area (TPSA) is 41.6 Å². The van der Waals surface area contributed by atoms with Crippen molar-refractivity contribution in [2.75, 3.05) is 25.6 Å². The molecular weight excluding hydrogens is 216 g/mol. The standard InChI is InChI=1S/C13H18N2O2/c1-15(12-4-3-9-14-12)11-7-5-10(6-8-11)13(16)17-2/h5-8,12,14H,3-4,9H2,1-2H3. The van der Waals surface area contributed by atoms with Gasteiger partial charge in [0, 0.05) is 12.7 Å². The minimum absolute atomic E-state index is 0.293. The van der Waals surface area contributed by atoms with Crippen LogP contribution in [0.3, 0.4) is 0 Å². The van der Waals surface area contributed by atoms with E-state index in [1.165, 1.54) is 13.5 Å². The lowest BCUT2D eigenvalue weighted by Gasteiger charge is -2.26. The molecule has 1 aromatic carbocycles. The van der Waals surface area contributed by atoms with Gasteiger partial charge in [0.15, 0.2) is 0 Å². The van der Waals surface area contributed by atoms with E-state index in [1.807, 2.05) is 12.1 Å². The zero-order valence-electron chi connectivity index (χ0n) is 10.3. The number of anilines is 1. The molecule has 4 nitrogen and oxygen atoms in total. The quantitative estimate of drug-likeness (QED) is 0.807. The van der Waals surface area contributed by atoms with E-state index >= 15 is 0 Å². The molecule has 0 aliphatic carbocycles. The molecule has 4 heteroatoms. The van der Waals surface area contributed by atoms with E-state index in [0.717, 1.165) is 18.7 Å². The maximum atomic E-state index is 11.3. The third-order valence-electron chi connectivity index (χ3n) is 3.20. The van der Waals surface area contributed by atoms with Crippen LogP contribution >= 0.6 is 0 Å². The Balaban J connectivity index is 2.09. The Morgan fingerprint density at radius 2 is 2.12 bits per heavy atom. The van der Waals surface area contributed by atoms with Crippen molar-refractivity contribution >= 4 is 11.7 Å². The highest BCUT2D eigenvalue weighted by atomic mass is 16.5. The number of carbonyl (C=O) groups is 1. The molecule has 1 saturated heterocycles. The first kappa shape index (κ1) is 11.9. The van der Waals surface area contributed by atoms with Crippen LogP contribution in [0.5, 0.6) is 0 Å². The number of methoxy groups -OCH3 is 1. The first-order chi connectivity index (χ1) is 8.22. The van der Waals surface area contributed by atoms with E-state index in [0.29, 0.717) is 11.7 Å². The van der Waals surface area contributed by atoms with Crippen LogP contribution in [0.1, 0.15) is 23.2 Å². The summed E-state index contributed by atoms with van der Waals surface area (Å²) in [4.78, 5) is 13.5. The minimum atomic E-state index is -0.293. The fourth-order valence-corrected chi connectivity index (χ4v) is 2.13. The Kier molecular flexibility index (Phi) is 3.64. The first-order valence-electron chi connectivity index (χ1n) is 5.87. The van der Waals surface area contributed by atoms with Gasteiger partial charge in [-0.1, -0.05) is 0 Å². The second-order valence-corrected chi connectivity index (χ2v) is 4.26. The predicted molar refractivity (Wildman–Crippen MR) is 67.2 cm³/mol. The van der Waals surface area contributed by atoms with Crippen LogP contribution in [0.4, 0.5) is 5.69 Å². The molecule has 1 atom stereocenters. The average Bonchev–Trinajstić information content (AvgIpc) is 2.91. The summed E-state index contributed by atoms with van der Waals surface area (Å²) >= 11 is 0. The molecule has 0 bridgehead atoms. The molecule has 1 heterocycles. The number of rotatable bonds is 3. The molecule has 1 unspecified atom stereocenters. The van der Waals surface area contributed by atoms with Crippen molar-refractivity contribution in [2.45, 2.75) is 19.0 Å². The largest absolute Gasteiger partial charge is 0.465 e. The summed E-state index contributed by atoms with van der Waals surface area (Å²) in [6.45, 7) is 1.08. The Morgan fingerprint density at radius 3 is 2.65 bits per heavy atom. The number of nitrogens with one attached hydrogen (secondary N) is 1. The van der Waals surface area contributed by atoms with Gasteiger partial charge in [0.1, 0.15) is 0 Å². The van der Waals surface area contributed by atoms with Crippen LogP contribution < -0.4 is 10.2 Å². The van der Waals surface area contributed by atoms with E-state index in [-0.39, 0.29) is 5.97 Å². The van der Waals surface area contributed by atoms with Gasteiger partial charge in [0.25, 0.3) is 0 Å². The summed E-state index contributed by atoms with van der Waals surface area (Å²) in [6, 6.07) is 7.50. The van der Waals surface area contributed by atoms with Crippen molar-refractivity contribution in [3.8, 4) is 0 Å². The van der Waals surface area contributed by atoms with Gasteiger partial charge in [-0.15, -0.1) is 0 Å². The molecule has 92 valence electrons. The molecule has 17 heavy (non-hydrogen) atoms. The van der Waals surface area contributed by atoms with Crippen molar-refractivity contribution in [2.24, 2.45) is 0 Å². The molecule has 1 aromatic rings. The predicted octanol–water partition coefficient (Wildman–Crippen LogP) is 1.62. The van der Waals surface area contributed by atoms with Crippen molar-refractivity contribution in [3.05, 3.63) is 29.8 Å². The van der Waals surface area contributed by atoms with E-state index in [9.17, 15) is 4.79 Å². The highest BCUT2D eigenvalue weighted by Gasteiger charge is 2.19. The molecule has 1 aliphatic rings. The summed E-state index contributed by atoms with van der Waals surface area (Å²) < 4.78 is 4.67. The molecule has 0 spiro atoms. The summed E-state index contributed by atoms with van der Waals surface area (Å²) in [7, 11) is 3.46. The Labute approximate surface area is 102 Å². The van der Waals surface area contributed by atoms with E-state index in [4.69, 9.17) is 0 Å². The summed E-state index contributed by atoms with van der Waals surface area (Å²) in [5.74, 6) is -0.293. The van der Waals surface area contributed by atoms with E-state index in [1.54, 1.807) is 12.1 Å². The first-order valence-corrected chi connectivity index (χ1v) is 5.87. The Bertz CT molecular complexity index is 383. The highest BCUT2D eigenvalue weighted by molar-refractivity contribution is 5.89. The monoisotopic (exact) mass is 234 g/mol. The van der Waals surface area contributed by atoms with Crippen LogP contribution in [0, 0.1) is 0 Å². The number of nitrogens with zero attached hydrogens (tertiary/aromatic N) is 1. The van der Waals surface area contributed by atoms with Gasteiger partial charge >= 0.3 is 5.97 Å². The van der Waals surface area contributed by atoms with Gasteiger partial charge in [0.2, 0.25) is 0 Å². The second-order valence-electron chi connectivity index (χ2n) is 4.26. The van der Waals surface area contributed by atoms with Crippen molar-refractivity contribution in [1.82, 2.24) is 5.32 Å². The molecule has 1 N–H and O–H groups in total. The highest BCUT2D eigenvalue weighted by Crippen LogP contribution is 2.19. The van der Waals surface area contributed by atoms with Crippen LogP contribution in [-0.2, 0) is 4.74 Å². The molecule has 0 amide bonds. The van der Waals surface area contributed by atoms with Crippen molar-refractivity contribution < 1.29 is 9.53 Å². The molecular formula is C13H18N2O2. The molecule has 1 fully saturated rings. The van der Waals surface area contributed by atoms with Crippen LogP contribution in [0.15, 0.2) is 24.3 Å². The van der Waals surface area contributed by atoms with Gasteiger partial charge in [-0.3, -0.25) is 5.32 Å². The SMILES string of the molecule is COC(=O)c1ccc(N(C)C2CCCN2)cc1.